The molecule has 1 aliphatic rings. The van der Waals surface area contributed by atoms with Crippen molar-refractivity contribution in [3.8, 4) is 5.75 Å². The van der Waals surface area contributed by atoms with E-state index >= 15 is 0 Å². The molecule has 3 N–H and O–H groups in total. The van der Waals surface area contributed by atoms with Crippen molar-refractivity contribution < 1.29 is 27.9 Å². The number of carbonyl (C=O) groups excluding carboxylic acids is 2. The molecule has 0 bridgehead atoms. The number of aromatic hydroxyl groups is 1. The normalized spacial score (nSPS) is 16.3. The van der Waals surface area contributed by atoms with Crippen LogP contribution in [0.5, 0.6) is 5.75 Å². The molecule has 0 saturated heterocycles. The summed E-state index contributed by atoms with van der Waals surface area (Å²) in [6, 6.07) is 1.30. The summed E-state index contributed by atoms with van der Waals surface area (Å²) in [5, 5.41) is 14.3. The van der Waals surface area contributed by atoms with E-state index in [-0.39, 0.29) is 17.5 Å². The Balaban J connectivity index is 2.02. The van der Waals surface area contributed by atoms with Gasteiger partial charge in [-0.25, -0.2) is 0 Å². The highest BCUT2D eigenvalue weighted by Gasteiger charge is 2.32. The van der Waals surface area contributed by atoms with Gasteiger partial charge in [0.05, 0.1) is 11.3 Å². The number of alkyl halides is 3. The highest BCUT2D eigenvalue weighted by Crippen LogP contribution is 2.34. The van der Waals surface area contributed by atoms with Crippen molar-refractivity contribution in [3.63, 3.8) is 0 Å². The van der Waals surface area contributed by atoms with E-state index in [1.807, 2.05) is 0 Å². The van der Waals surface area contributed by atoms with Gasteiger partial charge in [0, 0.05) is 5.92 Å². The van der Waals surface area contributed by atoms with E-state index < -0.39 is 29.4 Å². The van der Waals surface area contributed by atoms with Crippen molar-refractivity contribution in [1.29, 1.82) is 0 Å². The smallest absolute Gasteiger partial charge is 0.416 e. The SMILES string of the molecule is CC(NC(=O)C1CCC1)C(=O)Nc1cc(C(F)(F)F)ccc1O. The summed E-state index contributed by atoms with van der Waals surface area (Å²) >= 11 is 0. The van der Waals surface area contributed by atoms with Gasteiger partial charge in [0.15, 0.2) is 0 Å². The molecule has 5 nitrogen and oxygen atoms in total. The zero-order valence-corrected chi connectivity index (χ0v) is 12.4. The molecule has 0 radical (unpaired) electrons. The van der Waals surface area contributed by atoms with Gasteiger partial charge in [-0.2, -0.15) is 13.2 Å². The second-order valence-electron chi connectivity index (χ2n) is 5.58. The fourth-order valence-corrected chi connectivity index (χ4v) is 2.12. The molecule has 1 saturated carbocycles. The van der Waals surface area contributed by atoms with Crippen LogP contribution in [-0.2, 0) is 15.8 Å². The van der Waals surface area contributed by atoms with Crippen LogP contribution in [0.3, 0.4) is 0 Å². The summed E-state index contributed by atoms with van der Waals surface area (Å²) in [6.45, 7) is 1.43. The van der Waals surface area contributed by atoms with E-state index in [1.54, 1.807) is 0 Å². The van der Waals surface area contributed by atoms with Gasteiger partial charge in [-0.1, -0.05) is 6.42 Å². The molecule has 1 atom stereocenters. The number of hydrogen-bond donors (Lipinski definition) is 3. The van der Waals surface area contributed by atoms with E-state index in [1.165, 1.54) is 6.92 Å². The minimum atomic E-state index is -4.59. The lowest BCUT2D eigenvalue weighted by atomic mass is 9.84. The average molecular weight is 330 g/mol. The Bertz CT molecular complexity index is 612. The molecule has 1 unspecified atom stereocenters. The number of hydrogen-bond acceptors (Lipinski definition) is 3. The van der Waals surface area contributed by atoms with Crippen molar-refractivity contribution in [2.75, 3.05) is 5.32 Å². The highest BCUT2D eigenvalue weighted by atomic mass is 19.4. The van der Waals surface area contributed by atoms with Gasteiger partial charge in [-0.15, -0.1) is 0 Å². The molecule has 0 aliphatic heterocycles. The minimum absolute atomic E-state index is 0.104. The fourth-order valence-electron chi connectivity index (χ4n) is 2.12. The first-order chi connectivity index (χ1) is 10.7. The van der Waals surface area contributed by atoms with Crippen molar-refractivity contribution in [3.05, 3.63) is 23.8 Å². The van der Waals surface area contributed by atoms with Gasteiger partial charge in [0.2, 0.25) is 11.8 Å². The van der Waals surface area contributed by atoms with Crippen molar-refractivity contribution in [2.24, 2.45) is 5.92 Å². The van der Waals surface area contributed by atoms with Gasteiger partial charge >= 0.3 is 6.18 Å². The summed E-state index contributed by atoms with van der Waals surface area (Å²) < 4.78 is 38.0. The van der Waals surface area contributed by atoms with Gasteiger partial charge in [-0.3, -0.25) is 9.59 Å². The van der Waals surface area contributed by atoms with Gasteiger partial charge in [0.1, 0.15) is 11.8 Å². The van der Waals surface area contributed by atoms with Crippen LogP contribution in [0.25, 0.3) is 0 Å². The third-order valence-electron chi connectivity index (χ3n) is 3.81. The summed E-state index contributed by atoms with van der Waals surface area (Å²) in [5.74, 6) is -1.53. The van der Waals surface area contributed by atoms with Gasteiger partial charge in [0.25, 0.3) is 0 Å². The zero-order chi connectivity index (χ0) is 17.2. The Labute approximate surface area is 130 Å². The summed E-state index contributed by atoms with van der Waals surface area (Å²) in [5.41, 5.74) is -1.34. The lowest BCUT2D eigenvalue weighted by Crippen LogP contribution is -2.45. The minimum Gasteiger partial charge on any atom is -0.506 e. The highest BCUT2D eigenvalue weighted by molar-refractivity contribution is 5.98. The van der Waals surface area contributed by atoms with E-state index in [9.17, 15) is 27.9 Å². The number of nitrogens with one attached hydrogen (secondary N) is 2. The molecule has 2 rings (SSSR count). The van der Waals surface area contributed by atoms with E-state index in [0.717, 1.165) is 25.3 Å². The molecule has 8 heteroatoms. The van der Waals surface area contributed by atoms with Crippen LogP contribution in [0.15, 0.2) is 18.2 Å². The topological polar surface area (TPSA) is 78.4 Å². The molecule has 0 spiro atoms. The molecule has 1 aromatic carbocycles. The van der Waals surface area contributed by atoms with E-state index in [2.05, 4.69) is 10.6 Å². The molecular weight excluding hydrogens is 313 g/mol. The number of benzene rings is 1. The van der Waals surface area contributed by atoms with Crippen LogP contribution >= 0.6 is 0 Å². The van der Waals surface area contributed by atoms with Crippen LogP contribution < -0.4 is 10.6 Å². The summed E-state index contributed by atoms with van der Waals surface area (Å²) in [4.78, 5) is 23.7. The average Bonchev–Trinajstić information content (AvgIpc) is 2.37. The Kier molecular flexibility index (Phi) is 4.82. The first-order valence-electron chi connectivity index (χ1n) is 7.20. The monoisotopic (exact) mass is 330 g/mol. The molecule has 1 aromatic rings. The summed E-state index contributed by atoms with van der Waals surface area (Å²) in [7, 11) is 0. The number of rotatable bonds is 4. The van der Waals surface area contributed by atoms with E-state index in [4.69, 9.17) is 0 Å². The zero-order valence-electron chi connectivity index (χ0n) is 12.4. The Morgan fingerprint density at radius 2 is 1.96 bits per heavy atom. The molecule has 1 fully saturated rings. The van der Waals surface area contributed by atoms with Crippen LogP contribution in [-0.4, -0.2) is 23.0 Å². The number of anilines is 1. The van der Waals surface area contributed by atoms with Crippen LogP contribution in [0.1, 0.15) is 31.7 Å². The predicted molar refractivity (Wildman–Crippen MR) is 76.7 cm³/mol. The van der Waals surface area contributed by atoms with Crippen LogP contribution in [0.2, 0.25) is 0 Å². The molecular formula is C15H17F3N2O3. The van der Waals surface area contributed by atoms with Gasteiger partial charge < -0.3 is 15.7 Å². The third kappa shape index (κ3) is 4.14. The molecule has 2 amide bonds. The maximum atomic E-state index is 12.7. The van der Waals surface area contributed by atoms with Crippen molar-refractivity contribution in [1.82, 2.24) is 5.32 Å². The summed E-state index contributed by atoms with van der Waals surface area (Å²) in [6.07, 6.45) is -2.07. The predicted octanol–water partition coefficient (Wildman–Crippen LogP) is 2.65. The molecule has 0 heterocycles. The lowest BCUT2D eigenvalue weighted by molar-refractivity contribution is -0.137. The molecule has 0 aromatic heterocycles. The second kappa shape index (κ2) is 6.47. The number of phenols is 1. The number of carbonyl (C=O) groups is 2. The Morgan fingerprint density at radius 1 is 1.30 bits per heavy atom. The number of amides is 2. The number of halogens is 3. The quantitative estimate of drug-likeness (QED) is 0.743. The molecule has 23 heavy (non-hydrogen) atoms. The van der Waals surface area contributed by atoms with Crippen LogP contribution in [0, 0.1) is 5.92 Å². The first-order valence-corrected chi connectivity index (χ1v) is 7.20. The Hall–Kier alpha value is -2.25. The second-order valence-corrected chi connectivity index (χ2v) is 5.58. The first kappa shape index (κ1) is 17.1. The molecule has 1 aliphatic carbocycles. The van der Waals surface area contributed by atoms with Crippen molar-refractivity contribution >= 4 is 17.5 Å². The largest absolute Gasteiger partial charge is 0.506 e. The van der Waals surface area contributed by atoms with E-state index in [0.29, 0.717) is 12.1 Å². The third-order valence-corrected chi connectivity index (χ3v) is 3.81. The van der Waals surface area contributed by atoms with Crippen LogP contribution in [0.4, 0.5) is 18.9 Å². The maximum Gasteiger partial charge on any atom is 0.416 e. The lowest BCUT2D eigenvalue weighted by Gasteiger charge is -2.25. The maximum absolute atomic E-state index is 12.7. The van der Waals surface area contributed by atoms with Gasteiger partial charge in [-0.05, 0) is 38.0 Å². The fraction of sp³-hybridized carbons (Fsp3) is 0.467. The van der Waals surface area contributed by atoms with Crippen molar-refractivity contribution in [2.45, 2.75) is 38.4 Å². The molecule has 126 valence electrons. The standard InChI is InChI=1S/C15H17F3N2O3/c1-8(19-14(23)9-3-2-4-9)13(22)20-11-7-10(15(16,17)18)5-6-12(11)21/h5-9,21H,2-4H2,1H3,(H,19,23)(H,20,22). The number of phenolic OH excluding ortho intramolecular Hbond substituents is 1. The Morgan fingerprint density at radius 3 is 2.48 bits per heavy atom.